The van der Waals surface area contributed by atoms with Crippen LogP contribution in [0.1, 0.15) is 61.1 Å². The van der Waals surface area contributed by atoms with Crippen molar-refractivity contribution >= 4 is 33.7 Å². The number of carbonyl (C=O) groups excluding carboxylic acids is 2. The van der Waals surface area contributed by atoms with Gasteiger partial charge < -0.3 is 15.0 Å². The van der Waals surface area contributed by atoms with Crippen molar-refractivity contribution in [3.63, 3.8) is 0 Å². The predicted molar refractivity (Wildman–Crippen MR) is 159 cm³/mol. The smallest absolute Gasteiger partial charge is 0.306 e. The largest absolute Gasteiger partial charge is 0.460 e. The molecule has 0 bridgehead atoms. The molecule has 2 aromatic heterocycles. The van der Waals surface area contributed by atoms with Gasteiger partial charge in [-0.1, -0.05) is 54.6 Å². The van der Waals surface area contributed by atoms with Crippen LogP contribution in [0, 0.1) is 6.92 Å². The lowest BCUT2D eigenvalue weighted by Crippen LogP contribution is -2.30. The molecule has 5 aromatic rings. The van der Waals surface area contributed by atoms with E-state index in [1.165, 1.54) is 0 Å². The predicted octanol–water partition coefficient (Wildman–Crippen LogP) is 6.75. The van der Waals surface area contributed by atoms with Gasteiger partial charge in [-0.2, -0.15) is 0 Å². The summed E-state index contributed by atoms with van der Waals surface area (Å²) in [6, 6.07) is 23.8. The molecule has 6 nitrogen and oxygen atoms in total. The molecule has 0 radical (unpaired) electrons. The number of hydrogen-bond donors (Lipinski definition) is 2. The van der Waals surface area contributed by atoms with E-state index in [1.807, 2.05) is 81.6 Å². The quantitative estimate of drug-likeness (QED) is 0.216. The second-order valence-electron chi connectivity index (χ2n) is 11.2. The van der Waals surface area contributed by atoms with E-state index < -0.39 is 5.60 Å². The molecular weight excluding hydrogens is 498 g/mol. The van der Waals surface area contributed by atoms with Gasteiger partial charge in [-0.25, -0.2) is 0 Å². The van der Waals surface area contributed by atoms with E-state index in [1.54, 1.807) is 6.20 Å². The summed E-state index contributed by atoms with van der Waals surface area (Å²) < 4.78 is 5.46. The molecule has 0 saturated heterocycles. The van der Waals surface area contributed by atoms with E-state index in [2.05, 4.69) is 40.4 Å². The van der Waals surface area contributed by atoms with Crippen molar-refractivity contribution in [1.29, 1.82) is 0 Å². The summed E-state index contributed by atoms with van der Waals surface area (Å²) in [5.74, 6) is -0.300. The highest BCUT2D eigenvalue weighted by atomic mass is 16.6. The van der Waals surface area contributed by atoms with E-state index in [-0.39, 0.29) is 24.3 Å². The topological polar surface area (TPSA) is 84.1 Å². The van der Waals surface area contributed by atoms with Crippen LogP contribution in [0.2, 0.25) is 0 Å². The van der Waals surface area contributed by atoms with Crippen LogP contribution in [0.4, 0.5) is 0 Å². The van der Waals surface area contributed by atoms with Crippen LogP contribution in [-0.4, -0.2) is 27.4 Å². The van der Waals surface area contributed by atoms with Gasteiger partial charge >= 0.3 is 5.97 Å². The first kappa shape index (κ1) is 27.1. The number of hydrogen-bond acceptors (Lipinski definition) is 4. The molecule has 1 unspecified atom stereocenters. The minimum Gasteiger partial charge on any atom is -0.460 e. The zero-order valence-electron chi connectivity index (χ0n) is 23.5. The van der Waals surface area contributed by atoms with Crippen LogP contribution in [0.3, 0.4) is 0 Å². The highest BCUT2D eigenvalue weighted by Crippen LogP contribution is 2.30. The molecule has 0 aliphatic carbocycles. The first-order valence-electron chi connectivity index (χ1n) is 13.7. The Morgan fingerprint density at radius 3 is 2.55 bits per heavy atom. The van der Waals surface area contributed by atoms with Crippen LogP contribution < -0.4 is 5.32 Å². The molecule has 204 valence electrons. The van der Waals surface area contributed by atoms with Crippen molar-refractivity contribution in [3.05, 3.63) is 113 Å². The Morgan fingerprint density at radius 2 is 1.77 bits per heavy atom. The molecule has 1 atom stereocenters. The van der Waals surface area contributed by atoms with Gasteiger partial charge in [0.2, 0.25) is 5.91 Å². The minimum absolute atomic E-state index is 0.0799. The summed E-state index contributed by atoms with van der Waals surface area (Å²) in [7, 11) is 0. The van der Waals surface area contributed by atoms with Gasteiger partial charge in [0.15, 0.2) is 0 Å². The van der Waals surface area contributed by atoms with Crippen molar-refractivity contribution in [3.8, 4) is 0 Å². The lowest BCUT2D eigenvalue weighted by atomic mass is 9.94. The molecule has 1 amide bonds. The summed E-state index contributed by atoms with van der Waals surface area (Å²) >= 11 is 0. The molecule has 0 spiro atoms. The average Bonchev–Trinajstić information content (AvgIpc) is 3.33. The number of carbonyl (C=O) groups is 2. The van der Waals surface area contributed by atoms with Gasteiger partial charge in [0.05, 0.1) is 18.0 Å². The van der Waals surface area contributed by atoms with Crippen molar-refractivity contribution < 1.29 is 14.3 Å². The number of rotatable bonds is 8. The first-order valence-corrected chi connectivity index (χ1v) is 13.7. The maximum absolute atomic E-state index is 13.5. The second kappa shape index (κ2) is 11.3. The fourth-order valence-corrected chi connectivity index (χ4v) is 5.13. The van der Waals surface area contributed by atoms with Crippen molar-refractivity contribution in [1.82, 2.24) is 15.3 Å². The molecule has 6 heteroatoms. The van der Waals surface area contributed by atoms with Crippen LogP contribution >= 0.6 is 0 Å². The van der Waals surface area contributed by atoms with Crippen LogP contribution in [-0.2, 0) is 27.2 Å². The van der Waals surface area contributed by atoms with E-state index >= 15 is 0 Å². The molecule has 0 aliphatic heterocycles. The van der Waals surface area contributed by atoms with Gasteiger partial charge in [0, 0.05) is 40.7 Å². The fourth-order valence-electron chi connectivity index (χ4n) is 5.13. The molecule has 0 aliphatic rings. The van der Waals surface area contributed by atoms with Crippen molar-refractivity contribution in [2.75, 3.05) is 0 Å². The first-order chi connectivity index (χ1) is 19.2. The Bertz CT molecular complexity index is 1670. The summed E-state index contributed by atoms with van der Waals surface area (Å²) in [6.07, 6.45) is 4.81. The van der Waals surface area contributed by atoms with Crippen LogP contribution in [0.15, 0.2) is 85.2 Å². The normalized spacial score (nSPS) is 12.4. The van der Waals surface area contributed by atoms with Crippen molar-refractivity contribution in [2.24, 2.45) is 0 Å². The number of aryl methyl sites for hydroxylation is 2. The molecular formula is C34H35N3O3. The number of nitrogens with zero attached hydrogens (tertiary/aromatic N) is 1. The van der Waals surface area contributed by atoms with E-state index in [0.717, 1.165) is 49.6 Å². The van der Waals surface area contributed by atoms with Gasteiger partial charge in [0.25, 0.3) is 0 Å². The second-order valence-corrected chi connectivity index (χ2v) is 11.2. The molecule has 40 heavy (non-hydrogen) atoms. The molecule has 2 N–H and O–H groups in total. The highest BCUT2D eigenvalue weighted by molar-refractivity contribution is 5.88. The standard InChI is InChI=1S/C34H35N3O3/c1-22-12-15-27(33-26(22)11-8-18-35-33)32(24-9-6-5-7-10-24)37-30(38)20-23-13-16-29-28(19-23)25(21-36-29)14-17-31(39)40-34(2,3)4/h5-13,15-16,18-19,21,32,36H,14,17,20H2,1-4H3,(H,37,38). The Balaban J connectivity index is 1.37. The molecule has 0 fully saturated rings. The highest BCUT2D eigenvalue weighted by Gasteiger charge is 2.21. The zero-order valence-corrected chi connectivity index (χ0v) is 23.5. The number of aromatic amines is 1. The minimum atomic E-state index is -0.504. The van der Waals surface area contributed by atoms with Gasteiger partial charge in [-0.3, -0.25) is 14.6 Å². The maximum atomic E-state index is 13.5. The Morgan fingerprint density at radius 1 is 0.975 bits per heavy atom. The van der Waals surface area contributed by atoms with Crippen molar-refractivity contribution in [2.45, 2.75) is 58.6 Å². The Hall–Kier alpha value is -4.45. The summed E-state index contributed by atoms with van der Waals surface area (Å²) in [4.78, 5) is 33.7. The lowest BCUT2D eigenvalue weighted by Gasteiger charge is -2.22. The average molecular weight is 534 g/mol. The molecule has 0 saturated carbocycles. The number of nitrogens with one attached hydrogen (secondary N) is 2. The van der Waals surface area contributed by atoms with E-state index in [9.17, 15) is 9.59 Å². The monoisotopic (exact) mass is 533 g/mol. The Labute approximate surface area is 234 Å². The maximum Gasteiger partial charge on any atom is 0.306 e. The third-order valence-corrected chi connectivity index (χ3v) is 6.98. The number of esters is 1. The summed E-state index contributed by atoms with van der Waals surface area (Å²) in [6.45, 7) is 7.68. The number of pyridine rings is 1. The molecule has 5 rings (SSSR count). The number of ether oxygens (including phenoxy) is 1. The van der Waals surface area contributed by atoms with E-state index in [4.69, 9.17) is 4.74 Å². The summed E-state index contributed by atoms with van der Waals surface area (Å²) in [5.41, 5.74) is 6.40. The summed E-state index contributed by atoms with van der Waals surface area (Å²) in [5, 5.41) is 5.37. The van der Waals surface area contributed by atoms with Gasteiger partial charge in [-0.15, -0.1) is 0 Å². The zero-order chi connectivity index (χ0) is 28.3. The van der Waals surface area contributed by atoms with Gasteiger partial charge in [-0.05, 0) is 74.6 Å². The third-order valence-electron chi connectivity index (χ3n) is 6.98. The number of fused-ring (bicyclic) bond motifs is 2. The molecule has 2 heterocycles. The van der Waals surface area contributed by atoms with E-state index in [0.29, 0.717) is 12.8 Å². The third kappa shape index (κ3) is 6.23. The number of aromatic nitrogens is 2. The molecule has 3 aromatic carbocycles. The van der Waals surface area contributed by atoms with Crippen LogP contribution in [0.5, 0.6) is 0 Å². The number of H-pyrrole nitrogens is 1. The van der Waals surface area contributed by atoms with Gasteiger partial charge in [0.1, 0.15) is 5.60 Å². The Kier molecular flexibility index (Phi) is 7.69. The number of amides is 1. The fraction of sp³-hybridized carbons (Fsp3) is 0.265. The van der Waals surface area contributed by atoms with Crippen LogP contribution in [0.25, 0.3) is 21.8 Å². The lowest BCUT2D eigenvalue weighted by molar-refractivity contribution is -0.154. The SMILES string of the molecule is Cc1ccc(C(NC(=O)Cc2ccc3[nH]cc(CCC(=O)OC(C)(C)C)c3c2)c2ccccc2)c2ncccc12. The number of benzene rings is 3.